The molecule has 0 unspecified atom stereocenters. The molecule has 1 heteroatoms. The lowest BCUT2D eigenvalue weighted by Gasteiger charge is -2.33. The largest absolute Gasteiger partial charge is 0.396 e. The Morgan fingerprint density at radius 1 is 1.00 bits per heavy atom. The van der Waals surface area contributed by atoms with Crippen molar-refractivity contribution in [3.8, 4) is 0 Å². The van der Waals surface area contributed by atoms with Crippen molar-refractivity contribution < 1.29 is 5.11 Å². The van der Waals surface area contributed by atoms with E-state index in [-0.39, 0.29) is 5.41 Å². The molecule has 0 fully saturated rings. The summed E-state index contributed by atoms with van der Waals surface area (Å²) in [5.74, 6) is 0. The van der Waals surface area contributed by atoms with Gasteiger partial charge in [-0.05, 0) is 23.7 Å². The average Bonchev–Trinajstić information content (AvgIpc) is 1.85. The van der Waals surface area contributed by atoms with Crippen LogP contribution in [0.1, 0.15) is 53.9 Å². The monoisotopic (exact) mass is 172 g/mol. The van der Waals surface area contributed by atoms with E-state index in [0.29, 0.717) is 12.0 Å². The third kappa shape index (κ3) is 4.76. The third-order valence-corrected chi connectivity index (χ3v) is 2.31. The van der Waals surface area contributed by atoms with Crippen LogP contribution >= 0.6 is 0 Å². The molecule has 0 spiro atoms. The molecule has 0 aliphatic rings. The van der Waals surface area contributed by atoms with E-state index in [4.69, 9.17) is 5.11 Å². The molecule has 0 aliphatic carbocycles. The van der Waals surface area contributed by atoms with Crippen LogP contribution in [0.5, 0.6) is 0 Å². The Kier molecular flexibility index (Phi) is 4.25. The first-order valence-electron chi connectivity index (χ1n) is 4.94. The molecule has 0 saturated carbocycles. The van der Waals surface area contributed by atoms with E-state index in [1.165, 1.54) is 12.8 Å². The van der Waals surface area contributed by atoms with Crippen molar-refractivity contribution in [2.45, 2.75) is 53.9 Å². The van der Waals surface area contributed by atoms with Gasteiger partial charge in [0.25, 0.3) is 0 Å². The Morgan fingerprint density at radius 2 is 1.50 bits per heavy atom. The molecule has 1 N–H and O–H groups in total. The summed E-state index contributed by atoms with van der Waals surface area (Å²) in [5, 5.41) is 9.13. The van der Waals surface area contributed by atoms with Gasteiger partial charge in [-0.25, -0.2) is 0 Å². The van der Waals surface area contributed by atoms with Gasteiger partial charge in [-0.3, -0.25) is 0 Å². The molecular weight excluding hydrogens is 148 g/mol. The summed E-state index contributed by atoms with van der Waals surface area (Å²) in [7, 11) is 0. The number of hydrogen-bond donors (Lipinski definition) is 1. The second-order valence-electron chi connectivity index (χ2n) is 5.41. The molecule has 0 aromatic heterocycles. The Morgan fingerprint density at radius 3 is 1.83 bits per heavy atom. The van der Waals surface area contributed by atoms with Crippen LogP contribution in [0, 0.1) is 10.8 Å². The predicted molar refractivity (Wildman–Crippen MR) is 54.2 cm³/mol. The van der Waals surface area contributed by atoms with Crippen molar-refractivity contribution in [3.05, 3.63) is 0 Å². The van der Waals surface area contributed by atoms with Gasteiger partial charge in [0.1, 0.15) is 0 Å². The second kappa shape index (κ2) is 4.27. The number of aliphatic hydroxyl groups is 1. The maximum Gasteiger partial charge on any atom is 0.0482 e. The summed E-state index contributed by atoms with van der Waals surface area (Å²) in [6, 6.07) is 0. The summed E-state index contributed by atoms with van der Waals surface area (Å²) in [4.78, 5) is 0. The highest BCUT2D eigenvalue weighted by Crippen LogP contribution is 2.36. The lowest BCUT2D eigenvalue weighted by atomic mass is 9.73. The first kappa shape index (κ1) is 12.0. The fourth-order valence-corrected chi connectivity index (χ4v) is 2.12. The third-order valence-electron chi connectivity index (χ3n) is 2.31. The van der Waals surface area contributed by atoms with Crippen molar-refractivity contribution >= 4 is 0 Å². The fraction of sp³-hybridized carbons (Fsp3) is 1.00. The summed E-state index contributed by atoms with van der Waals surface area (Å²) < 4.78 is 0. The van der Waals surface area contributed by atoms with Crippen LogP contribution in [0.4, 0.5) is 0 Å². The fourth-order valence-electron chi connectivity index (χ4n) is 2.12. The minimum atomic E-state index is 0.0820. The van der Waals surface area contributed by atoms with Gasteiger partial charge in [-0.15, -0.1) is 0 Å². The van der Waals surface area contributed by atoms with Gasteiger partial charge in [0.05, 0.1) is 0 Å². The van der Waals surface area contributed by atoms with Gasteiger partial charge in [0, 0.05) is 6.61 Å². The van der Waals surface area contributed by atoms with E-state index in [1.54, 1.807) is 0 Å². The second-order valence-corrected chi connectivity index (χ2v) is 5.41. The Hall–Kier alpha value is -0.0400. The van der Waals surface area contributed by atoms with Crippen molar-refractivity contribution in [3.63, 3.8) is 0 Å². The van der Waals surface area contributed by atoms with Gasteiger partial charge in [-0.1, -0.05) is 41.0 Å². The zero-order valence-corrected chi connectivity index (χ0v) is 9.28. The highest BCUT2D eigenvalue weighted by molar-refractivity contribution is 4.78. The molecule has 74 valence electrons. The summed E-state index contributed by atoms with van der Waals surface area (Å²) >= 11 is 0. The molecule has 0 aliphatic heterocycles. The zero-order chi connectivity index (χ0) is 9.83. The van der Waals surface area contributed by atoms with E-state index in [0.717, 1.165) is 6.42 Å². The molecule has 0 bridgehead atoms. The molecule has 0 aromatic rings. The first-order valence-corrected chi connectivity index (χ1v) is 4.94. The van der Waals surface area contributed by atoms with E-state index in [9.17, 15) is 0 Å². The molecule has 0 radical (unpaired) electrons. The van der Waals surface area contributed by atoms with Crippen LogP contribution in [0.2, 0.25) is 0 Å². The summed E-state index contributed by atoms with van der Waals surface area (Å²) in [6.45, 7) is 11.3. The van der Waals surface area contributed by atoms with Gasteiger partial charge < -0.3 is 5.11 Å². The Bertz CT molecular complexity index is 125. The highest BCUT2D eigenvalue weighted by Gasteiger charge is 2.27. The van der Waals surface area contributed by atoms with E-state index < -0.39 is 0 Å². The predicted octanol–water partition coefficient (Wildman–Crippen LogP) is 3.22. The molecule has 0 heterocycles. The first-order chi connectivity index (χ1) is 5.33. The molecular formula is C11H24O. The van der Waals surface area contributed by atoms with Gasteiger partial charge in [-0.2, -0.15) is 0 Å². The van der Waals surface area contributed by atoms with Crippen LogP contribution in [0.15, 0.2) is 0 Å². The zero-order valence-electron chi connectivity index (χ0n) is 9.28. The minimum absolute atomic E-state index is 0.0820. The standard InChI is InChI=1S/C11H24O/c1-6-7-10(2,3)8-11(4,5)9-12/h12H,6-9H2,1-5H3. The topological polar surface area (TPSA) is 20.2 Å². The van der Waals surface area contributed by atoms with Crippen LogP contribution < -0.4 is 0 Å². The van der Waals surface area contributed by atoms with Crippen LogP contribution in [0.25, 0.3) is 0 Å². The number of hydrogen-bond acceptors (Lipinski definition) is 1. The van der Waals surface area contributed by atoms with Crippen LogP contribution in [-0.4, -0.2) is 11.7 Å². The van der Waals surface area contributed by atoms with Crippen molar-refractivity contribution in [2.24, 2.45) is 10.8 Å². The lowest BCUT2D eigenvalue weighted by molar-refractivity contribution is 0.0984. The van der Waals surface area contributed by atoms with E-state index in [2.05, 4.69) is 34.6 Å². The van der Waals surface area contributed by atoms with Gasteiger partial charge in [0.15, 0.2) is 0 Å². The summed E-state index contributed by atoms with van der Waals surface area (Å²) in [5.41, 5.74) is 0.458. The van der Waals surface area contributed by atoms with Crippen molar-refractivity contribution in [1.82, 2.24) is 0 Å². The molecule has 0 aromatic carbocycles. The van der Waals surface area contributed by atoms with E-state index in [1.807, 2.05) is 0 Å². The van der Waals surface area contributed by atoms with Crippen LogP contribution in [-0.2, 0) is 0 Å². The molecule has 0 amide bonds. The summed E-state index contributed by atoms with van der Waals surface area (Å²) in [6.07, 6.45) is 3.58. The maximum atomic E-state index is 9.13. The van der Waals surface area contributed by atoms with Crippen molar-refractivity contribution in [1.29, 1.82) is 0 Å². The van der Waals surface area contributed by atoms with Crippen LogP contribution in [0.3, 0.4) is 0 Å². The number of aliphatic hydroxyl groups excluding tert-OH is 1. The number of rotatable bonds is 5. The SMILES string of the molecule is CCCC(C)(C)CC(C)(C)CO. The molecule has 1 nitrogen and oxygen atoms in total. The van der Waals surface area contributed by atoms with Crippen molar-refractivity contribution in [2.75, 3.05) is 6.61 Å². The maximum absolute atomic E-state index is 9.13. The minimum Gasteiger partial charge on any atom is -0.396 e. The highest BCUT2D eigenvalue weighted by atomic mass is 16.3. The van der Waals surface area contributed by atoms with E-state index >= 15 is 0 Å². The normalized spacial score (nSPS) is 13.5. The average molecular weight is 172 g/mol. The van der Waals surface area contributed by atoms with Gasteiger partial charge >= 0.3 is 0 Å². The Balaban J connectivity index is 4.04. The van der Waals surface area contributed by atoms with Gasteiger partial charge in [0.2, 0.25) is 0 Å². The Labute approximate surface area is 77.2 Å². The smallest absolute Gasteiger partial charge is 0.0482 e. The lowest BCUT2D eigenvalue weighted by Crippen LogP contribution is -2.26. The molecule has 0 rings (SSSR count). The quantitative estimate of drug-likeness (QED) is 0.675. The molecule has 12 heavy (non-hydrogen) atoms. The molecule has 0 atom stereocenters. The molecule has 0 saturated heterocycles.